The van der Waals surface area contributed by atoms with Crippen LogP contribution < -0.4 is 16.4 Å². The summed E-state index contributed by atoms with van der Waals surface area (Å²) in [6.07, 6.45) is -0.104. The molecule has 8 N–H and O–H groups in total. The molecule has 16 nitrogen and oxygen atoms in total. The van der Waals surface area contributed by atoms with Crippen LogP contribution in [0.2, 0.25) is 0 Å². The number of nitro benzene ring substituents is 1. The van der Waals surface area contributed by atoms with Crippen molar-refractivity contribution < 1.29 is 44.5 Å². The number of aliphatic hydroxyl groups is 3. The summed E-state index contributed by atoms with van der Waals surface area (Å²) in [6.45, 7) is 0. The molecule has 0 saturated heterocycles. The van der Waals surface area contributed by atoms with Gasteiger partial charge in [-0.05, 0) is 58.4 Å². The Bertz CT molecular complexity index is 1770. The predicted octanol–water partition coefficient (Wildman–Crippen LogP) is 1.58. The molecule has 2 aromatic carbocycles. The fourth-order valence-corrected chi connectivity index (χ4v) is 6.93. The molecule has 5 atom stereocenters. The van der Waals surface area contributed by atoms with Gasteiger partial charge in [0.1, 0.15) is 22.8 Å². The SMILES string of the molecule is CN(C)C1c2ccc(NC(=O)Nc3ccc([N+](=O)[O-])cc3)c(O)c2C(O)=C2C(=O)[C@]3(O)C(O)=C(C(N)=O)C(=O)[C@@H](N(C)C)C3CC21. The first kappa shape index (κ1) is 32.1. The van der Waals surface area contributed by atoms with Gasteiger partial charge in [0.15, 0.2) is 11.4 Å². The van der Waals surface area contributed by atoms with Crippen LogP contribution in [-0.4, -0.2) is 98.5 Å². The van der Waals surface area contributed by atoms with E-state index in [1.54, 1.807) is 19.0 Å². The lowest BCUT2D eigenvalue weighted by Crippen LogP contribution is -2.66. The number of nitrogens with two attached hydrogens (primary N) is 1. The number of primary amides is 1. The van der Waals surface area contributed by atoms with E-state index < -0.39 is 80.8 Å². The number of nitro groups is 1. The van der Waals surface area contributed by atoms with Crippen molar-refractivity contribution in [2.75, 3.05) is 38.8 Å². The molecule has 1 saturated carbocycles. The minimum Gasteiger partial charge on any atom is -0.508 e. The molecular weight excluding hydrogens is 604 g/mol. The van der Waals surface area contributed by atoms with E-state index in [0.29, 0.717) is 5.56 Å². The van der Waals surface area contributed by atoms with Gasteiger partial charge in [-0.1, -0.05) is 6.07 Å². The van der Waals surface area contributed by atoms with Crippen LogP contribution in [0.25, 0.3) is 5.76 Å². The highest BCUT2D eigenvalue weighted by Gasteiger charge is 2.65. The lowest BCUT2D eigenvalue weighted by molar-refractivity contribution is -0.384. The van der Waals surface area contributed by atoms with E-state index in [9.17, 15) is 49.7 Å². The Hall–Kier alpha value is -5.32. The maximum Gasteiger partial charge on any atom is 0.323 e. The van der Waals surface area contributed by atoms with Gasteiger partial charge in [0, 0.05) is 41.3 Å². The molecule has 3 aliphatic carbocycles. The summed E-state index contributed by atoms with van der Waals surface area (Å²) in [5.74, 6) is -7.99. The number of phenolic OH excluding ortho intramolecular Hbond substituents is 1. The van der Waals surface area contributed by atoms with Crippen LogP contribution in [-0.2, 0) is 14.4 Å². The third-order valence-corrected chi connectivity index (χ3v) is 8.85. The first-order valence-electron chi connectivity index (χ1n) is 14.0. The molecular formula is C30H32N6O10. The molecule has 3 unspecified atom stereocenters. The minimum atomic E-state index is -2.81. The number of benzene rings is 2. The number of carbonyl (C=O) groups is 4. The summed E-state index contributed by atoms with van der Waals surface area (Å²) >= 11 is 0. The Morgan fingerprint density at radius 2 is 1.59 bits per heavy atom. The third-order valence-electron chi connectivity index (χ3n) is 8.85. The number of ketones is 2. The molecule has 0 heterocycles. The first-order valence-corrected chi connectivity index (χ1v) is 14.0. The number of phenols is 1. The van der Waals surface area contributed by atoms with E-state index >= 15 is 0 Å². The zero-order valence-electron chi connectivity index (χ0n) is 25.1. The van der Waals surface area contributed by atoms with Gasteiger partial charge < -0.3 is 41.7 Å². The zero-order chi connectivity index (χ0) is 34.0. The van der Waals surface area contributed by atoms with Crippen molar-refractivity contribution in [2.24, 2.45) is 17.6 Å². The van der Waals surface area contributed by atoms with Crippen LogP contribution >= 0.6 is 0 Å². The third kappa shape index (κ3) is 4.74. The molecule has 3 amide bonds. The second-order valence-corrected chi connectivity index (χ2v) is 11.9. The molecule has 16 heteroatoms. The second-order valence-electron chi connectivity index (χ2n) is 11.9. The van der Waals surface area contributed by atoms with Gasteiger partial charge in [-0.25, -0.2) is 4.79 Å². The van der Waals surface area contributed by atoms with Crippen molar-refractivity contribution in [3.63, 3.8) is 0 Å². The molecule has 0 aliphatic heterocycles. The molecule has 242 valence electrons. The average molecular weight is 637 g/mol. The normalized spacial score (nSPS) is 25.6. The number of hydrogen-bond donors (Lipinski definition) is 7. The van der Waals surface area contributed by atoms with Gasteiger partial charge in [-0.15, -0.1) is 0 Å². The van der Waals surface area contributed by atoms with Crippen molar-refractivity contribution in [3.05, 3.63) is 74.5 Å². The molecule has 5 rings (SSSR count). The molecule has 0 aromatic heterocycles. The highest BCUT2D eigenvalue weighted by molar-refractivity contribution is 6.24. The molecule has 0 radical (unpaired) electrons. The zero-order valence-corrected chi connectivity index (χ0v) is 25.1. The van der Waals surface area contributed by atoms with E-state index in [4.69, 9.17) is 5.73 Å². The minimum absolute atomic E-state index is 0.104. The monoisotopic (exact) mass is 636 g/mol. The van der Waals surface area contributed by atoms with Crippen LogP contribution in [0.5, 0.6) is 5.75 Å². The number of Topliss-reactive ketones (excluding diaryl/α,β-unsaturated/α-hetero) is 2. The van der Waals surface area contributed by atoms with Crippen LogP contribution in [0.3, 0.4) is 0 Å². The topological polar surface area (TPSA) is 249 Å². The summed E-state index contributed by atoms with van der Waals surface area (Å²) < 4.78 is 0. The number of aliphatic hydroxyl groups excluding tert-OH is 2. The van der Waals surface area contributed by atoms with E-state index in [2.05, 4.69) is 10.6 Å². The number of non-ortho nitro benzene ring substituents is 1. The maximum atomic E-state index is 14.2. The van der Waals surface area contributed by atoms with Crippen molar-refractivity contribution in [1.29, 1.82) is 0 Å². The highest BCUT2D eigenvalue weighted by atomic mass is 16.6. The molecule has 3 aliphatic rings. The van der Waals surface area contributed by atoms with Crippen LogP contribution in [0.4, 0.5) is 21.9 Å². The van der Waals surface area contributed by atoms with Crippen molar-refractivity contribution in [2.45, 2.75) is 24.1 Å². The van der Waals surface area contributed by atoms with Crippen LogP contribution in [0.15, 0.2) is 53.3 Å². The number of fused-ring (bicyclic) bond motifs is 3. The van der Waals surface area contributed by atoms with Crippen LogP contribution in [0.1, 0.15) is 23.6 Å². The van der Waals surface area contributed by atoms with E-state index in [1.165, 1.54) is 55.4 Å². The van der Waals surface area contributed by atoms with Crippen LogP contribution in [0, 0.1) is 22.0 Å². The number of anilines is 2. The molecule has 46 heavy (non-hydrogen) atoms. The predicted molar refractivity (Wildman–Crippen MR) is 163 cm³/mol. The average Bonchev–Trinajstić information content (AvgIpc) is 2.96. The maximum absolute atomic E-state index is 14.2. The number of nitrogens with one attached hydrogen (secondary N) is 2. The first-order chi connectivity index (χ1) is 21.5. The Kier molecular flexibility index (Phi) is 7.84. The Morgan fingerprint density at radius 3 is 2.13 bits per heavy atom. The molecule has 2 aromatic rings. The van der Waals surface area contributed by atoms with Gasteiger partial charge in [-0.3, -0.25) is 29.4 Å². The van der Waals surface area contributed by atoms with E-state index in [-0.39, 0.29) is 34.6 Å². The van der Waals surface area contributed by atoms with E-state index in [0.717, 1.165) is 0 Å². The Morgan fingerprint density at radius 1 is 0.978 bits per heavy atom. The lowest BCUT2D eigenvalue weighted by atomic mass is 9.56. The van der Waals surface area contributed by atoms with E-state index in [1.807, 2.05) is 0 Å². The van der Waals surface area contributed by atoms with Gasteiger partial charge in [-0.2, -0.15) is 0 Å². The van der Waals surface area contributed by atoms with Gasteiger partial charge in [0.2, 0.25) is 5.78 Å². The lowest BCUT2D eigenvalue weighted by Gasteiger charge is -2.52. The quantitative estimate of drug-likeness (QED) is 0.103. The number of rotatable bonds is 6. The summed E-state index contributed by atoms with van der Waals surface area (Å²) in [4.78, 5) is 66.0. The molecule has 1 fully saturated rings. The standard InChI is InChI=1S/C30H32N6O10/c1-34(2)21-14-9-10-17(33-29(43)32-12-5-7-13(8-6-12)36(45)46)23(37)18(14)24(38)19-15(21)11-16-22(35(3)4)25(39)20(28(31)42)27(41)30(16,44)26(19)40/h5-10,15-16,21-22,37-38,41,44H,11H2,1-4H3,(H2,31,42)(H2,32,33,43)/t15?,16?,21?,22-,30-/m0/s1. The summed E-state index contributed by atoms with van der Waals surface area (Å²) in [6, 6.07) is 5.16. The van der Waals surface area contributed by atoms with Crippen molar-refractivity contribution in [3.8, 4) is 5.75 Å². The number of hydrogen-bond acceptors (Lipinski definition) is 12. The van der Waals surface area contributed by atoms with Gasteiger partial charge in [0.25, 0.3) is 11.6 Å². The highest BCUT2D eigenvalue weighted by Crippen LogP contribution is 2.57. The second kappa shape index (κ2) is 11.2. The number of aromatic hydroxyl groups is 1. The molecule has 0 bridgehead atoms. The summed E-state index contributed by atoms with van der Waals surface area (Å²) in [5, 5.41) is 61.7. The summed E-state index contributed by atoms with van der Waals surface area (Å²) in [5.41, 5.74) is 1.30. The number of nitrogens with zero attached hydrogens (tertiary/aromatic N) is 3. The largest absolute Gasteiger partial charge is 0.508 e. The Balaban J connectivity index is 1.60. The Labute approximate surface area is 261 Å². The molecule has 0 spiro atoms. The van der Waals surface area contributed by atoms with Gasteiger partial charge in [0.05, 0.1) is 22.2 Å². The number of amides is 3. The fraction of sp³-hybridized carbons (Fsp3) is 0.333. The fourth-order valence-electron chi connectivity index (χ4n) is 6.93. The van der Waals surface area contributed by atoms with Crippen molar-refractivity contribution >= 4 is 46.3 Å². The number of carbonyl (C=O) groups excluding carboxylic acids is 4. The number of likely N-dealkylation sites (N-methyl/N-ethyl adjacent to an activating group) is 1. The smallest absolute Gasteiger partial charge is 0.323 e. The van der Waals surface area contributed by atoms with Crippen molar-refractivity contribution in [1.82, 2.24) is 9.80 Å². The number of urea groups is 1. The summed E-state index contributed by atoms with van der Waals surface area (Å²) in [7, 11) is 6.42. The van der Waals surface area contributed by atoms with Gasteiger partial charge >= 0.3 is 6.03 Å².